The van der Waals surface area contributed by atoms with E-state index in [1.54, 1.807) is 30.0 Å². The minimum atomic E-state index is -0.345. The highest BCUT2D eigenvalue weighted by atomic mass is 35.5. The fraction of sp³-hybridized carbons (Fsp3) is 0.261. The average molecular weight is 473 g/mol. The highest BCUT2D eigenvalue weighted by Crippen LogP contribution is 2.43. The smallest absolute Gasteiger partial charge is 0.255 e. The molecule has 32 heavy (non-hydrogen) atoms. The van der Waals surface area contributed by atoms with Crippen LogP contribution in [-0.2, 0) is 11.3 Å². The summed E-state index contributed by atoms with van der Waals surface area (Å²) in [5, 5.41) is 10.8. The minimum absolute atomic E-state index is 0.133. The largest absolute Gasteiger partial charge is 0.497 e. The highest BCUT2D eigenvalue weighted by Gasteiger charge is 2.33. The molecule has 9 heteroatoms. The van der Waals surface area contributed by atoms with Crippen LogP contribution >= 0.6 is 23.2 Å². The lowest BCUT2D eigenvalue weighted by Gasteiger charge is -2.11. The number of nitrogens with zero attached hydrogens (tertiary/aromatic N) is 2. The Labute approximate surface area is 195 Å². The third-order valence-corrected chi connectivity index (χ3v) is 5.75. The fourth-order valence-corrected chi connectivity index (χ4v) is 3.88. The first kappa shape index (κ1) is 22.2. The summed E-state index contributed by atoms with van der Waals surface area (Å²) in [7, 11) is 1.60. The molecule has 0 saturated heterocycles. The second-order valence-electron chi connectivity index (χ2n) is 7.53. The maximum absolute atomic E-state index is 12.8. The van der Waals surface area contributed by atoms with E-state index in [-0.39, 0.29) is 24.3 Å². The van der Waals surface area contributed by atoms with Gasteiger partial charge in [-0.25, -0.2) is 4.68 Å². The van der Waals surface area contributed by atoms with Crippen LogP contribution in [0.3, 0.4) is 0 Å². The van der Waals surface area contributed by atoms with Crippen molar-refractivity contribution in [3.8, 4) is 11.4 Å². The zero-order valence-electron chi connectivity index (χ0n) is 17.4. The molecular formula is C23H22Cl2N4O3. The lowest BCUT2D eigenvalue weighted by atomic mass is 10.1. The number of methoxy groups -OCH3 is 1. The van der Waals surface area contributed by atoms with Gasteiger partial charge in [0.15, 0.2) is 0 Å². The maximum atomic E-state index is 12.8. The van der Waals surface area contributed by atoms with Gasteiger partial charge in [0.05, 0.1) is 41.8 Å². The number of carbonyl (C=O) groups excluding carboxylic acids is 2. The quantitative estimate of drug-likeness (QED) is 0.516. The van der Waals surface area contributed by atoms with Crippen LogP contribution in [0.1, 0.15) is 40.4 Å². The van der Waals surface area contributed by atoms with Crippen LogP contribution in [0.2, 0.25) is 10.0 Å². The summed E-state index contributed by atoms with van der Waals surface area (Å²) >= 11 is 12.4. The summed E-state index contributed by atoms with van der Waals surface area (Å²) in [6, 6.07) is 12.5. The van der Waals surface area contributed by atoms with Crippen LogP contribution in [0.4, 0.5) is 0 Å². The highest BCUT2D eigenvalue weighted by molar-refractivity contribution is 6.35. The number of rotatable bonds is 8. The molecule has 2 amide bonds. The van der Waals surface area contributed by atoms with Crippen molar-refractivity contribution in [2.75, 3.05) is 13.7 Å². The van der Waals surface area contributed by atoms with E-state index in [0.717, 1.165) is 29.8 Å². The van der Waals surface area contributed by atoms with Crippen molar-refractivity contribution in [3.05, 3.63) is 75.5 Å². The molecule has 1 aliphatic carbocycles. The van der Waals surface area contributed by atoms with Gasteiger partial charge in [-0.05, 0) is 48.7 Å². The molecule has 0 spiro atoms. The SMILES string of the molecule is COc1ccc(CNC(=O)CNC(=O)c2cnn(-c3ccc(Cl)cc3Cl)c2C2CC2)cc1. The van der Waals surface area contributed by atoms with Crippen LogP contribution < -0.4 is 15.4 Å². The summed E-state index contributed by atoms with van der Waals surface area (Å²) in [4.78, 5) is 25.0. The van der Waals surface area contributed by atoms with E-state index in [1.807, 2.05) is 24.3 Å². The molecule has 0 aliphatic heterocycles. The number of nitrogens with one attached hydrogen (secondary N) is 2. The molecule has 4 rings (SSSR count). The van der Waals surface area contributed by atoms with Gasteiger partial charge >= 0.3 is 0 Å². The topological polar surface area (TPSA) is 85.2 Å². The average Bonchev–Trinajstić information content (AvgIpc) is 3.54. The molecule has 0 radical (unpaired) electrons. The number of halogens is 2. The molecule has 0 bridgehead atoms. The fourth-order valence-electron chi connectivity index (χ4n) is 3.39. The molecule has 0 atom stereocenters. The molecule has 1 heterocycles. The normalized spacial score (nSPS) is 13.0. The molecule has 3 aromatic rings. The minimum Gasteiger partial charge on any atom is -0.497 e. The van der Waals surface area contributed by atoms with Crippen LogP contribution in [0.15, 0.2) is 48.7 Å². The molecule has 7 nitrogen and oxygen atoms in total. The van der Waals surface area contributed by atoms with Gasteiger partial charge < -0.3 is 15.4 Å². The third-order valence-electron chi connectivity index (χ3n) is 5.21. The first-order valence-electron chi connectivity index (χ1n) is 10.2. The van der Waals surface area contributed by atoms with Crippen molar-refractivity contribution in [1.82, 2.24) is 20.4 Å². The van der Waals surface area contributed by atoms with E-state index >= 15 is 0 Å². The Balaban J connectivity index is 1.40. The number of ether oxygens (including phenoxy) is 1. The van der Waals surface area contributed by atoms with Crippen molar-refractivity contribution in [2.45, 2.75) is 25.3 Å². The number of hydrogen-bond acceptors (Lipinski definition) is 4. The van der Waals surface area contributed by atoms with E-state index in [1.165, 1.54) is 6.20 Å². The third kappa shape index (κ3) is 5.06. The van der Waals surface area contributed by atoms with Crippen LogP contribution in [0.25, 0.3) is 5.69 Å². The second kappa shape index (κ2) is 9.63. The first-order chi connectivity index (χ1) is 15.5. The van der Waals surface area contributed by atoms with Crippen molar-refractivity contribution in [3.63, 3.8) is 0 Å². The number of benzene rings is 2. The number of hydrogen-bond donors (Lipinski definition) is 2. The molecule has 2 aromatic carbocycles. The number of amides is 2. The van der Waals surface area contributed by atoms with Gasteiger partial charge in [0.25, 0.3) is 5.91 Å². The predicted octanol–water partition coefficient (Wildman–Crippen LogP) is 4.11. The molecule has 166 valence electrons. The number of carbonyl (C=O) groups is 2. The summed E-state index contributed by atoms with van der Waals surface area (Å²) < 4.78 is 6.81. The van der Waals surface area contributed by atoms with Gasteiger partial charge in [-0.15, -0.1) is 0 Å². The summed E-state index contributed by atoms with van der Waals surface area (Å²) in [5.41, 5.74) is 2.84. The van der Waals surface area contributed by atoms with E-state index < -0.39 is 0 Å². The molecule has 1 aliphatic rings. The van der Waals surface area contributed by atoms with Gasteiger partial charge in [-0.1, -0.05) is 35.3 Å². The monoisotopic (exact) mass is 472 g/mol. The summed E-state index contributed by atoms with van der Waals surface area (Å²) in [6.45, 7) is 0.227. The van der Waals surface area contributed by atoms with Crippen molar-refractivity contribution in [1.29, 1.82) is 0 Å². The van der Waals surface area contributed by atoms with Gasteiger partial charge in [0, 0.05) is 17.5 Å². The molecule has 0 unspecified atom stereocenters. The Morgan fingerprint density at radius 3 is 2.53 bits per heavy atom. The van der Waals surface area contributed by atoms with E-state index in [9.17, 15) is 9.59 Å². The van der Waals surface area contributed by atoms with Gasteiger partial charge in [-0.3, -0.25) is 9.59 Å². The van der Waals surface area contributed by atoms with Gasteiger partial charge in [-0.2, -0.15) is 5.10 Å². The lowest BCUT2D eigenvalue weighted by Crippen LogP contribution is -2.36. The summed E-state index contributed by atoms with van der Waals surface area (Å²) in [5.74, 6) is 0.353. The zero-order valence-corrected chi connectivity index (χ0v) is 18.9. The van der Waals surface area contributed by atoms with Crippen LogP contribution in [0.5, 0.6) is 5.75 Å². The van der Waals surface area contributed by atoms with Gasteiger partial charge in [0.1, 0.15) is 5.75 Å². The van der Waals surface area contributed by atoms with Crippen molar-refractivity contribution >= 4 is 35.0 Å². The molecule has 1 aromatic heterocycles. The molecule has 1 fully saturated rings. The zero-order chi connectivity index (χ0) is 22.7. The van der Waals surface area contributed by atoms with E-state index in [0.29, 0.717) is 27.8 Å². The Morgan fingerprint density at radius 2 is 1.88 bits per heavy atom. The summed E-state index contributed by atoms with van der Waals surface area (Å²) in [6.07, 6.45) is 3.46. The van der Waals surface area contributed by atoms with Crippen molar-refractivity contribution < 1.29 is 14.3 Å². The molecular weight excluding hydrogens is 451 g/mol. The lowest BCUT2D eigenvalue weighted by molar-refractivity contribution is -0.120. The maximum Gasteiger partial charge on any atom is 0.255 e. The Bertz CT molecular complexity index is 1140. The standard InChI is InChI=1S/C23H22Cl2N4O3/c1-32-17-7-2-14(3-8-17)11-26-21(30)13-27-23(31)18-12-28-29(22(18)15-4-5-15)20-9-6-16(24)10-19(20)25/h2-3,6-10,12,15H,4-5,11,13H2,1H3,(H,26,30)(H,27,31). The van der Waals surface area contributed by atoms with Crippen molar-refractivity contribution in [2.24, 2.45) is 0 Å². The van der Waals surface area contributed by atoms with E-state index in [2.05, 4.69) is 15.7 Å². The Morgan fingerprint density at radius 1 is 1.12 bits per heavy atom. The Hall–Kier alpha value is -3.03. The molecule has 2 N–H and O–H groups in total. The van der Waals surface area contributed by atoms with Gasteiger partial charge in [0.2, 0.25) is 5.91 Å². The van der Waals surface area contributed by atoms with E-state index in [4.69, 9.17) is 27.9 Å². The second-order valence-corrected chi connectivity index (χ2v) is 8.38. The first-order valence-corrected chi connectivity index (χ1v) is 10.9. The number of aromatic nitrogens is 2. The predicted molar refractivity (Wildman–Crippen MR) is 123 cm³/mol. The van der Waals surface area contributed by atoms with Crippen LogP contribution in [0, 0.1) is 0 Å². The molecule has 1 saturated carbocycles. The Kier molecular flexibility index (Phi) is 6.67. The van der Waals surface area contributed by atoms with Crippen LogP contribution in [-0.4, -0.2) is 35.2 Å².